The standard InChI is InChI=1S/C20H19BrN2O2S/c1-13-23-18(12-26-13)15-5-3-14(4-6-15)9-10-22-20(24)16-7-8-19(25-2)17(21)11-16/h3-8,11-12H,9-10H2,1-2H3,(H,22,24). The van der Waals surface area contributed by atoms with Gasteiger partial charge in [0.05, 0.1) is 22.3 Å². The van der Waals surface area contributed by atoms with E-state index < -0.39 is 0 Å². The summed E-state index contributed by atoms with van der Waals surface area (Å²) in [5.41, 5.74) is 3.91. The Morgan fingerprint density at radius 1 is 1.23 bits per heavy atom. The first-order valence-corrected chi connectivity index (χ1v) is 9.87. The van der Waals surface area contributed by atoms with E-state index in [0.29, 0.717) is 17.9 Å². The van der Waals surface area contributed by atoms with E-state index >= 15 is 0 Å². The fourth-order valence-electron chi connectivity index (χ4n) is 2.57. The van der Waals surface area contributed by atoms with Gasteiger partial charge in [0.25, 0.3) is 5.91 Å². The third-order valence-electron chi connectivity index (χ3n) is 3.98. The van der Waals surface area contributed by atoms with Gasteiger partial charge < -0.3 is 10.1 Å². The van der Waals surface area contributed by atoms with Crippen molar-refractivity contribution in [1.82, 2.24) is 10.3 Å². The van der Waals surface area contributed by atoms with E-state index in [-0.39, 0.29) is 5.91 Å². The monoisotopic (exact) mass is 430 g/mol. The van der Waals surface area contributed by atoms with Crippen LogP contribution in [-0.4, -0.2) is 24.5 Å². The van der Waals surface area contributed by atoms with Gasteiger partial charge in [-0.15, -0.1) is 11.3 Å². The third kappa shape index (κ3) is 4.51. The SMILES string of the molecule is COc1ccc(C(=O)NCCc2ccc(-c3csc(C)n3)cc2)cc1Br. The Hall–Kier alpha value is -2.18. The maximum atomic E-state index is 12.2. The summed E-state index contributed by atoms with van der Waals surface area (Å²) in [6, 6.07) is 13.6. The lowest BCUT2D eigenvalue weighted by Crippen LogP contribution is -2.25. The van der Waals surface area contributed by atoms with Crippen LogP contribution in [0, 0.1) is 6.92 Å². The number of hydrogen-bond donors (Lipinski definition) is 1. The van der Waals surface area contributed by atoms with Crippen LogP contribution in [-0.2, 0) is 6.42 Å². The molecule has 0 aliphatic heterocycles. The topological polar surface area (TPSA) is 51.2 Å². The Labute approximate surface area is 165 Å². The second kappa shape index (κ2) is 8.47. The zero-order valence-corrected chi connectivity index (χ0v) is 17.0. The predicted molar refractivity (Wildman–Crippen MR) is 109 cm³/mol. The molecule has 3 aromatic rings. The second-order valence-corrected chi connectivity index (χ2v) is 7.72. The lowest BCUT2D eigenvalue weighted by molar-refractivity contribution is 0.0954. The molecule has 1 N–H and O–H groups in total. The molecule has 1 heterocycles. The molecule has 0 saturated carbocycles. The van der Waals surface area contributed by atoms with Crippen molar-refractivity contribution in [2.75, 3.05) is 13.7 Å². The van der Waals surface area contributed by atoms with Crippen molar-refractivity contribution in [2.24, 2.45) is 0 Å². The minimum absolute atomic E-state index is 0.0945. The number of aryl methyl sites for hydroxylation is 1. The first-order valence-electron chi connectivity index (χ1n) is 8.20. The Kier molecular flexibility index (Phi) is 6.06. The highest BCUT2D eigenvalue weighted by atomic mass is 79.9. The number of ether oxygens (including phenoxy) is 1. The van der Waals surface area contributed by atoms with Gasteiger partial charge in [0.1, 0.15) is 5.75 Å². The second-order valence-electron chi connectivity index (χ2n) is 5.80. The van der Waals surface area contributed by atoms with E-state index in [1.807, 2.05) is 6.92 Å². The van der Waals surface area contributed by atoms with Crippen LogP contribution in [0.25, 0.3) is 11.3 Å². The number of carbonyl (C=O) groups excluding carboxylic acids is 1. The van der Waals surface area contributed by atoms with Crippen molar-refractivity contribution in [1.29, 1.82) is 0 Å². The largest absolute Gasteiger partial charge is 0.496 e. The Balaban J connectivity index is 1.54. The summed E-state index contributed by atoms with van der Waals surface area (Å²) in [4.78, 5) is 16.7. The number of carbonyl (C=O) groups is 1. The van der Waals surface area contributed by atoms with Gasteiger partial charge in [-0.2, -0.15) is 0 Å². The molecule has 0 aliphatic carbocycles. The number of thiazole rings is 1. The number of nitrogens with one attached hydrogen (secondary N) is 1. The Morgan fingerprint density at radius 2 is 2.00 bits per heavy atom. The van der Waals surface area contributed by atoms with Gasteiger partial charge in [-0.1, -0.05) is 24.3 Å². The van der Waals surface area contributed by atoms with Crippen LogP contribution in [0.5, 0.6) is 5.75 Å². The number of rotatable bonds is 6. The van der Waals surface area contributed by atoms with Crippen LogP contribution < -0.4 is 10.1 Å². The molecule has 4 nitrogen and oxygen atoms in total. The summed E-state index contributed by atoms with van der Waals surface area (Å²) in [7, 11) is 1.60. The molecule has 0 spiro atoms. The first-order chi connectivity index (χ1) is 12.6. The maximum Gasteiger partial charge on any atom is 0.251 e. The molecule has 134 valence electrons. The van der Waals surface area contributed by atoms with E-state index in [9.17, 15) is 4.79 Å². The lowest BCUT2D eigenvalue weighted by Gasteiger charge is -2.08. The molecule has 2 aromatic carbocycles. The lowest BCUT2D eigenvalue weighted by atomic mass is 10.1. The van der Waals surface area contributed by atoms with Crippen molar-refractivity contribution >= 4 is 33.2 Å². The van der Waals surface area contributed by atoms with Crippen molar-refractivity contribution in [3.63, 3.8) is 0 Å². The number of methoxy groups -OCH3 is 1. The number of halogens is 1. The van der Waals surface area contributed by atoms with E-state index in [2.05, 4.69) is 55.9 Å². The van der Waals surface area contributed by atoms with Crippen LogP contribution in [0.15, 0.2) is 52.3 Å². The van der Waals surface area contributed by atoms with Gasteiger partial charge in [0.15, 0.2) is 0 Å². The molecular formula is C20H19BrN2O2S. The van der Waals surface area contributed by atoms with Crippen LogP contribution in [0.4, 0.5) is 0 Å². The summed E-state index contributed by atoms with van der Waals surface area (Å²) in [5, 5.41) is 6.08. The van der Waals surface area contributed by atoms with Gasteiger partial charge in [-0.25, -0.2) is 4.98 Å². The van der Waals surface area contributed by atoms with Crippen molar-refractivity contribution in [3.8, 4) is 17.0 Å². The smallest absolute Gasteiger partial charge is 0.251 e. The normalized spacial score (nSPS) is 10.6. The molecule has 0 radical (unpaired) electrons. The zero-order valence-electron chi connectivity index (χ0n) is 14.6. The summed E-state index contributed by atoms with van der Waals surface area (Å²) >= 11 is 5.05. The van der Waals surface area contributed by atoms with Crippen LogP contribution >= 0.6 is 27.3 Å². The van der Waals surface area contributed by atoms with E-state index in [4.69, 9.17) is 4.74 Å². The quantitative estimate of drug-likeness (QED) is 0.607. The van der Waals surface area contributed by atoms with Crippen LogP contribution in [0.1, 0.15) is 20.9 Å². The highest BCUT2D eigenvalue weighted by Gasteiger charge is 2.08. The molecule has 0 aliphatic rings. The van der Waals surface area contributed by atoms with Crippen LogP contribution in [0.3, 0.4) is 0 Å². The average Bonchev–Trinajstić information content (AvgIpc) is 3.08. The van der Waals surface area contributed by atoms with E-state index in [1.54, 1.807) is 36.6 Å². The molecule has 0 fully saturated rings. The summed E-state index contributed by atoms with van der Waals surface area (Å²) in [5.74, 6) is 0.611. The first kappa shape index (κ1) is 18.6. The molecule has 0 bridgehead atoms. The number of aromatic nitrogens is 1. The third-order valence-corrected chi connectivity index (χ3v) is 5.38. The van der Waals surface area contributed by atoms with Gasteiger partial charge in [-0.05, 0) is 53.0 Å². The van der Waals surface area contributed by atoms with Gasteiger partial charge in [-0.3, -0.25) is 4.79 Å². The molecule has 1 amide bonds. The Bertz CT molecular complexity index is 906. The number of nitrogens with zero attached hydrogens (tertiary/aromatic N) is 1. The number of benzene rings is 2. The van der Waals surface area contributed by atoms with Crippen LogP contribution in [0.2, 0.25) is 0 Å². The maximum absolute atomic E-state index is 12.2. The Morgan fingerprint density at radius 3 is 2.62 bits per heavy atom. The molecule has 0 atom stereocenters. The van der Waals surface area contributed by atoms with E-state index in [1.165, 1.54) is 5.56 Å². The molecule has 1 aromatic heterocycles. The number of amides is 1. The van der Waals surface area contributed by atoms with Gasteiger partial charge >= 0.3 is 0 Å². The highest BCUT2D eigenvalue weighted by Crippen LogP contribution is 2.25. The fraction of sp³-hybridized carbons (Fsp3) is 0.200. The summed E-state index contributed by atoms with van der Waals surface area (Å²) < 4.78 is 5.94. The molecule has 0 saturated heterocycles. The predicted octanol–water partition coefficient (Wildman–Crippen LogP) is 4.86. The van der Waals surface area contributed by atoms with Gasteiger partial charge in [0, 0.05) is 23.1 Å². The zero-order chi connectivity index (χ0) is 18.5. The minimum atomic E-state index is -0.0945. The molecule has 3 rings (SSSR count). The fourth-order valence-corrected chi connectivity index (χ4v) is 3.73. The van der Waals surface area contributed by atoms with E-state index in [0.717, 1.165) is 27.2 Å². The highest BCUT2D eigenvalue weighted by molar-refractivity contribution is 9.10. The van der Waals surface area contributed by atoms with Crippen molar-refractivity contribution < 1.29 is 9.53 Å². The molecular weight excluding hydrogens is 412 g/mol. The van der Waals surface area contributed by atoms with Crippen molar-refractivity contribution in [3.05, 3.63) is 68.5 Å². The molecule has 26 heavy (non-hydrogen) atoms. The van der Waals surface area contributed by atoms with Gasteiger partial charge in [0.2, 0.25) is 0 Å². The minimum Gasteiger partial charge on any atom is -0.496 e. The average molecular weight is 431 g/mol. The summed E-state index contributed by atoms with van der Waals surface area (Å²) in [6.07, 6.45) is 0.777. The molecule has 6 heteroatoms. The molecule has 0 unspecified atom stereocenters. The number of hydrogen-bond acceptors (Lipinski definition) is 4. The van der Waals surface area contributed by atoms with Crippen molar-refractivity contribution in [2.45, 2.75) is 13.3 Å². The summed E-state index contributed by atoms with van der Waals surface area (Å²) in [6.45, 7) is 2.59.